The molecule has 18 nitrogen and oxygen atoms in total. The quantitative estimate of drug-likeness (QED) is 0.0805. The van der Waals surface area contributed by atoms with Gasteiger partial charge < -0.3 is 70.3 Å². The lowest BCUT2D eigenvalue weighted by molar-refractivity contribution is -0.338. The molecule has 4 fully saturated rings. The van der Waals surface area contributed by atoms with Crippen LogP contribution in [0.2, 0.25) is 0 Å². The van der Waals surface area contributed by atoms with Crippen molar-refractivity contribution in [1.82, 2.24) is 16.0 Å². The first-order valence-electron chi connectivity index (χ1n) is 19.8. The summed E-state index contributed by atoms with van der Waals surface area (Å²) in [5.74, 6) is -3.28. The van der Waals surface area contributed by atoms with Gasteiger partial charge in [-0.2, -0.15) is 0 Å². The normalized spacial score (nSPS) is 37.8. The summed E-state index contributed by atoms with van der Waals surface area (Å²) < 4.78 is 30.9. The zero-order valence-electron chi connectivity index (χ0n) is 32.3. The molecular weight excluding hydrogens is 726 g/mol. The number of ether oxygens (including phenoxy) is 5. The van der Waals surface area contributed by atoms with Crippen molar-refractivity contribution in [3.8, 4) is 0 Å². The number of carboxylic acids is 1. The van der Waals surface area contributed by atoms with Gasteiger partial charge in [0, 0.05) is 32.4 Å². The number of amides is 3. The van der Waals surface area contributed by atoms with E-state index in [1.54, 1.807) is 6.92 Å². The van der Waals surface area contributed by atoms with E-state index in [0.29, 0.717) is 19.3 Å². The van der Waals surface area contributed by atoms with Crippen LogP contribution in [0.15, 0.2) is 0 Å². The Morgan fingerprint density at radius 3 is 2.15 bits per heavy atom. The van der Waals surface area contributed by atoms with Crippen LogP contribution in [-0.4, -0.2) is 154 Å². The maximum absolute atomic E-state index is 13.6. The first-order chi connectivity index (χ1) is 26.2. The molecule has 55 heavy (non-hydrogen) atoms. The average Bonchev–Trinajstić information content (AvgIpc) is 3.16. The zero-order chi connectivity index (χ0) is 40.4. The SMILES string of the molecule is CCC(=O)NCCNC(=O)C1CC(O[C@@H]2O[C@@H](CO)C(O)C(O[C@@H](CC3CCCCC3)C(=O)O)C2NC(C)=O)C(OC2OC(C)C(O)C(O)C2O)[C@H](CC)C1. The van der Waals surface area contributed by atoms with Crippen molar-refractivity contribution in [1.29, 1.82) is 0 Å². The van der Waals surface area contributed by atoms with E-state index in [0.717, 1.165) is 32.1 Å². The van der Waals surface area contributed by atoms with E-state index in [-0.39, 0.29) is 43.7 Å². The van der Waals surface area contributed by atoms with Crippen LogP contribution < -0.4 is 16.0 Å². The Hall–Kier alpha value is -2.52. The Morgan fingerprint density at radius 2 is 1.53 bits per heavy atom. The molecule has 3 amide bonds. The molecule has 2 aliphatic carbocycles. The second kappa shape index (κ2) is 21.3. The first kappa shape index (κ1) is 45.2. The predicted octanol–water partition coefficient (Wildman–Crippen LogP) is -0.945. The maximum atomic E-state index is 13.6. The van der Waals surface area contributed by atoms with Crippen molar-refractivity contribution in [3.63, 3.8) is 0 Å². The lowest BCUT2D eigenvalue weighted by Gasteiger charge is -2.49. The number of nitrogens with one attached hydrogen (secondary N) is 3. The number of aliphatic carboxylic acids is 1. The van der Waals surface area contributed by atoms with Crippen LogP contribution in [0.5, 0.6) is 0 Å². The van der Waals surface area contributed by atoms with E-state index in [4.69, 9.17) is 23.7 Å². The minimum atomic E-state index is -1.65. The minimum absolute atomic E-state index is 0.0157. The van der Waals surface area contributed by atoms with Crippen molar-refractivity contribution >= 4 is 23.7 Å². The van der Waals surface area contributed by atoms with Gasteiger partial charge in [-0.05, 0) is 38.0 Å². The van der Waals surface area contributed by atoms with E-state index in [1.807, 2.05) is 6.92 Å². The summed E-state index contributed by atoms with van der Waals surface area (Å²) in [5, 5.41) is 71.9. The second-order valence-electron chi connectivity index (χ2n) is 15.4. The molecule has 4 rings (SSSR count). The highest BCUT2D eigenvalue weighted by molar-refractivity contribution is 5.79. The van der Waals surface area contributed by atoms with Gasteiger partial charge in [0.15, 0.2) is 18.7 Å². The molecule has 9 N–H and O–H groups in total. The van der Waals surface area contributed by atoms with Crippen LogP contribution in [0.4, 0.5) is 0 Å². The summed E-state index contributed by atoms with van der Waals surface area (Å²) in [7, 11) is 0. The predicted molar refractivity (Wildman–Crippen MR) is 192 cm³/mol. The molecule has 2 saturated carbocycles. The maximum Gasteiger partial charge on any atom is 0.332 e. The lowest BCUT2D eigenvalue weighted by Crippen LogP contribution is -2.67. The van der Waals surface area contributed by atoms with E-state index in [2.05, 4.69) is 16.0 Å². The highest BCUT2D eigenvalue weighted by Crippen LogP contribution is 2.40. The Kier molecular flexibility index (Phi) is 17.5. The molecule has 2 heterocycles. The molecule has 2 aliphatic heterocycles. The molecule has 0 bridgehead atoms. The van der Waals surface area contributed by atoms with Crippen LogP contribution in [-0.2, 0) is 42.9 Å². The summed E-state index contributed by atoms with van der Waals surface area (Å²) in [6, 6.07) is -1.30. The van der Waals surface area contributed by atoms with Crippen LogP contribution in [0, 0.1) is 17.8 Å². The summed E-state index contributed by atoms with van der Waals surface area (Å²) in [6.07, 6.45) is -10.1. The molecule has 0 aromatic rings. The fourth-order valence-corrected chi connectivity index (χ4v) is 8.23. The van der Waals surface area contributed by atoms with Gasteiger partial charge >= 0.3 is 5.97 Å². The van der Waals surface area contributed by atoms with E-state index in [1.165, 1.54) is 13.8 Å². The van der Waals surface area contributed by atoms with E-state index in [9.17, 15) is 49.8 Å². The largest absolute Gasteiger partial charge is 0.479 e. The van der Waals surface area contributed by atoms with E-state index >= 15 is 0 Å². The number of hydrogen-bond acceptors (Lipinski definition) is 14. The van der Waals surface area contributed by atoms with Crippen LogP contribution >= 0.6 is 0 Å². The van der Waals surface area contributed by atoms with Gasteiger partial charge in [-0.15, -0.1) is 0 Å². The number of carbonyl (C=O) groups excluding carboxylic acids is 3. The average molecular weight is 790 g/mol. The minimum Gasteiger partial charge on any atom is -0.479 e. The zero-order valence-corrected chi connectivity index (χ0v) is 32.3. The number of hydrogen-bond donors (Lipinski definition) is 9. The van der Waals surface area contributed by atoms with Crippen LogP contribution in [0.25, 0.3) is 0 Å². The summed E-state index contributed by atoms with van der Waals surface area (Å²) in [5.41, 5.74) is 0. The van der Waals surface area contributed by atoms with Crippen molar-refractivity contribution in [2.75, 3.05) is 19.7 Å². The number of aliphatic hydroxyl groups is 5. The Morgan fingerprint density at radius 1 is 0.836 bits per heavy atom. The molecular formula is C37H63N3O15. The molecule has 15 atom stereocenters. The number of aliphatic hydroxyl groups excluding tert-OH is 5. The van der Waals surface area contributed by atoms with Gasteiger partial charge in [0.05, 0.1) is 24.9 Å². The first-order valence-corrected chi connectivity index (χ1v) is 19.8. The van der Waals surface area contributed by atoms with Crippen molar-refractivity contribution in [3.05, 3.63) is 0 Å². The molecule has 0 radical (unpaired) electrons. The Balaban J connectivity index is 1.64. The monoisotopic (exact) mass is 789 g/mol. The van der Waals surface area contributed by atoms with Crippen LogP contribution in [0.1, 0.15) is 91.9 Å². The smallest absolute Gasteiger partial charge is 0.332 e. The number of rotatable bonds is 17. The van der Waals surface area contributed by atoms with Crippen molar-refractivity contribution < 1.29 is 73.5 Å². The number of carboxylic acid groups (broad SMARTS) is 1. The van der Waals surface area contributed by atoms with Gasteiger partial charge in [0.25, 0.3) is 0 Å². The van der Waals surface area contributed by atoms with Gasteiger partial charge in [-0.25, -0.2) is 4.79 Å². The molecule has 316 valence electrons. The topological polar surface area (TPSA) is 272 Å². The fourth-order valence-electron chi connectivity index (χ4n) is 8.23. The van der Waals surface area contributed by atoms with Crippen molar-refractivity contribution in [2.45, 2.75) is 172 Å². The molecule has 11 unspecified atom stereocenters. The van der Waals surface area contributed by atoms with Gasteiger partial charge in [-0.1, -0.05) is 52.4 Å². The second-order valence-corrected chi connectivity index (χ2v) is 15.4. The Bertz CT molecular complexity index is 1260. The summed E-state index contributed by atoms with van der Waals surface area (Å²) in [6.45, 7) is 5.99. The third-order valence-corrected chi connectivity index (χ3v) is 11.4. The molecule has 0 aromatic heterocycles. The summed E-state index contributed by atoms with van der Waals surface area (Å²) >= 11 is 0. The van der Waals surface area contributed by atoms with Gasteiger partial charge in [0.2, 0.25) is 17.7 Å². The third-order valence-electron chi connectivity index (χ3n) is 11.4. The van der Waals surface area contributed by atoms with Crippen LogP contribution in [0.3, 0.4) is 0 Å². The Labute approximate surface area is 321 Å². The lowest BCUT2D eigenvalue weighted by atomic mass is 9.75. The molecule has 4 aliphatic rings. The molecule has 0 spiro atoms. The molecule has 18 heteroatoms. The third kappa shape index (κ3) is 12.0. The highest BCUT2D eigenvalue weighted by atomic mass is 16.7. The molecule has 2 saturated heterocycles. The highest BCUT2D eigenvalue weighted by Gasteiger charge is 2.53. The van der Waals surface area contributed by atoms with Crippen molar-refractivity contribution in [2.24, 2.45) is 17.8 Å². The van der Waals surface area contributed by atoms with Gasteiger partial charge in [-0.3, -0.25) is 14.4 Å². The van der Waals surface area contributed by atoms with E-state index < -0.39 is 110 Å². The summed E-state index contributed by atoms with van der Waals surface area (Å²) in [4.78, 5) is 50.4. The fraction of sp³-hybridized carbons (Fsp3) is 0.892. The number of carbonyl (C=O) groups is 4. The molecule has 0 aromatic carbocycles. The standard InChI is InChI=1S/C37H63N3O15/c1-5-21-15-22(34(48)39-13-12-38-26(43)6-2)16-23(32(21)55-37-31(47)30(46)28(44)18(3)51-37)53-36-27(40-19(4)42)33(29(45)25(17-41)54-36)52-24(35(49)50)14-20-10-8-7-9-11-20/h18,20-25,27-33,36-37,41,44-47H,5-17H2,1-4H3,(H,38,43)(H,39,48)(H,40,42)(H,49,50)/t18?,21-,22?,23?,24+,25+,27?,28?,29?,30?,31?,32?,33?,36-,37?/m1/s1. The van der Waals surface area contributed by atoms with Gasteiger partial charge in [0.1, 0.15) is 42.7 Å².